The van der Waals surface area contributed by atoms with Crippen LogP contribution in [0.3, 0.4) is 0 Å². The van der Waals surface area contributed by atoms with E-state index in [1.807, 2.05) is 0 Å². The Morgan fingerprint density at radius 2 is 2.46 bits per heavy atom. The molecule has 0 aliphatic heterocycles. The van der Waals surface area contributed by atoms with E-state index in [0.717, 1.165) is 6.08 Å². The standard InChI is InChI=1S/C9H10O4/c1-13-8(11)3-5-9(12)4-2-7(10)6-9/h2-5,12H,6H2,1H3/b5-3+/t9-/m1/s1. The maximum Gasteiger partial charge on any atom is 0.330 e. The van der Waals surface area contributed by atoms with Crippen LogP contribution in [0.5, 0.6) is 0 Å². The summed E-state index contributed by atoms with van der Waals surface area (Å²) in [6, 6.07) is 0. The lowest BCUT2D eigenvalue weighted by molar-refractivity contribution is -0.135. The summed E-state index contributed by atoms with van der Waals surface area (Å²) in [5, 5.41) is 9.60. The summed E-state index contributed by atoms with van der Waals surface area (Å²) in [5.41, 5.74) is -1.31. The second kappa shape index (κ2) is 3.53. The van der Waals surface area contributed by atoms with Gasteiger partial charge in [0.25, 0.3) is 0 Å². The van der Waals surface area contributed by atoms with E-state index in [0.29, 0.717) is 0 Å². The van der Waals surface area contributed by atoms with E-state index in [1.54, 1.807) is 0 Å². The molecule has 0 unspecified atom stereocenters. The average Bonchev–Trinajstić information content (AvgIpc) is 2.43. The van der Waals surface area contributed by atoms with Gasteiger partial charge in [0.1, 0.15) is 5.60 Å². The number of carbonyl (C=O) groups excluding carboxylic acids is 2. The normalized spacial score (nSPS) is 27.1. The van der Waals surface area contributed by atoms with Crippen LogP contribution in [0.4, 0.5) is 0 Å². The van der Waals surface area contributed by atoms with Crippen molar-refractivity contribution in [2.24, 2.45) is 0 Å². The lowest BCUT2D eigenvalue weighted by Crippen LogP contribution is -2.21. The summed E-state index contributed by atoms with van der Waals surface area (Å²) >= 11 is 0. The van der Waals surface area contributed by atoms with Crippen LogP contribution in [-0.4, -0.2) is 29.6 Å². The first kappa shape index (κ1) is 9.67. The summed E-state index contributed by atoms with van der Waals surface area (Å²) in [6.45, 7) is 0. The zero-order valence-corrected chi connectivity index (χ0v) is 7.19. The van der Waals surface area contributed by atoms with E-state index in [9.17, 15) is 14.7 Å². The summed E-state index contributed by atoms with van der Waals surface area (Å²) in [6.07, 6.45) is 4.99. The predicted molar refractivity (Wildman–Crippen MR) is 44.9 cm³/mol. The topological polar surface area (TPSA) is 63.6 Å². The van der Waals surface area contributed by atoms with Gasteiger partial charge < -0.3 is 9.84 Å². The van der Waals surface area contributed by atoms with Gasteiger partial charge in [0.05, 0.1) is 7.11 Å². The van der Waals surface area contributed by atoms with Crippen molar-refractivity contribution in [2.45, 2.75) is 12.0 Å². The van der Waals surface area contributed by atoms with Crippen LogP contribution in [0.1, 0.15) is 6.42 Å². The molecule has 0 fully saturated rings. The first-order chi connectivity index (χ1) is 6.06. The van der Waals surface area contributed by atoms with Gasteiger partial charge in [-0.1, -0.05) is 0 Å². The van der Waals surface area contributed by atoms with Crippen molar-refractivity contribution in [3.8, 4) is 0 Å². The third-order valence-electron chi connectivity index (χ3n) is 1.72. The van der Waals surface area contributed by atoms with Crippen LogP contribution < -0.4 is 0 Å². The first-order valence-electron chi connectivity index (χ1n) is 3.77. The second-order valence-electron chi connectivity index (χ2n) is 2.82. The van der Waals surface area contributed by atoms with E-state index in [4.69, 9.17) is 0 Å². The molecule has 0 amide bonds. The molecule has 0 saturated carbocycles. The van der Waals surface area contributed by atoms with Gasteiger partial charge in [-0.15, -0.1) is 0 Å². The molecule has 1 rings (SSSR count). The molecule has 1 aliphatic carbocycles. The maximum atomic E-state index is 10.8. The summed E-state index contributed by atoms with van der Waals surface area (Å²) in [5.74, 6) is -0.710. The highest BCUT2D eigenvalue weighted by Crippen LogP contribution is 2.21. The van der Waals surface area contributed by atoms with Crippen molar-refractivity contribution in [3.63, 3.8) is 0 Å². The van der Waals surface area contributed by atoms with Crippen molar-refractivity contribution in [3.05, 3.63) is 24.3 Å². The average molecular weight is 182 g/mol. The Hall–Kier alpha value is -1.42. The number of allylic oxidation sites excluding steroid dienone is 1. The molecule has 0 aromatic heterocycles. The number of aliphatic hydroxyl groups is 1. The number of rotatable bonds is 2. The molecule has 0 saturated heterocycles. The lowest BCUT2D eigenvalue weighted by atomic mass is 10.0. The molecule has 4 heteroatoms. The number of carbonyl (C=O) groups is 2. The van der Waals surface area contributed by atoms with Gasteiger partial charge in [0, 0.05) is 12.5 Å². The maximum absolute atomic E-state index is 10.8. The Labute approximate surface area is 75.5 Å². The summed E-state index contributed by atoms with van der Waals surface area (Å²) in [4.78, 5) is 21.4. The molecule has 13 heavy (non-hydrogen) atoms. The molecule has 1 atom stereocenters. The van der Waals surface area contributed by atoms with Gasteiger partial charge in [-0.05, 0) is 18.2 Å². The molecule has 70 valence electrons. The Bertz CT molecular complexity index is 290. The minimum atomic E-state index is -1.31. The van der Waals surface area contributed by atoms with Gasteiger partial charge in [-0.2, -0.15) is 0 Å². The van der Waals surface area contributed by atoms with E-state index in [1.165, 1.54) is 25.3 Å². The Kier molecular flexibility index (Phi) is 2.63. The molecule has 0 radical (unpaired) electrons. The number of hydrogen-bond acceptors (Lipinski definition) is 4. The van der Waals surface area contributed by atoms with Crippen molar-refractivity contribution in [1.82, 2.24) is 0 Å². The fourth-order valence-electron chi connectivity index (χ4n) is 1.03. The van der Waals surface area contributed by atoms with E-state index in [2.05, 4.69) is 4.74 Å². The molecule has 0 aromatic rings. The summed E-state index contributed by atoms with van der Waals surface area (Å²) < 4.78 is 4.34. The third-order valence-corrected chi connectivity index (χ3v) is 1.72. The molecule has 1 N–H and O–H groups in total. The van der Waals surface area contributed by atoms with Gasteiger partial charge in [-0.25, -0.2) is 4.79 Å². The molecule has 0 aromatic carbocycles. The monoisotopic (exact) mass is 182 g/mol. The van der Waals surface area contributed by atoms with E-state index >= 15 is 0 Å². The smallest absolute Gasteiger partial charge is 0.330 e. The van der Waals surface area contributed by atoms with Gasteiger partial charge in [0.2, 0.25) is 0 Å². The van der Waals surface area contributed by atoms with Gasteiger partial charge in [0.15, 0.2) is 5.78 Å². The number of esters is 1. The lowest BCUT2D eigenvalue weighted by Gasteiger charge is -2.12. The van der Waals surface area contributed by atoms with Crippen molar-refractivity contribution in [1.29, 1.82) is 0 Å². The molecular formula is C9H10O4. The predicted octanol–water partition coefficient (Wildman–Crippen LogP) is -0.0243. The molecule has 4 nitrogen and oxygen atoms in total. The fraction of sp³-hybridized carbons (Fsp3) is 0.333. The zero-order valence-electron chi connectivity index (χ0n) is 7.19. The quantitative estimate of drug-likeness (QED) is 0.481. The fourth-order valence-corrected chi connectivity index (χ4v) is 1.03. The first-order valence-corrected chi connectivity index (χ1v) is 3.77. The van der Waals surface area contributed by atoms with E-state index < -0.39 is 11.6 Å². The molecular weight excluding hydrogens is 172 g/mol. The highest BCUT2D eigenvalue weighted by molar-refractivity contribution is 5.94. The largest absolute Gasteiger partial charge is 0.466 e. The second-order valence-corrected chi connectivity index (χ2v) is 2.82. The minimum Gasteiger partial charge on any atom is -0.466 e. The summed E-state index contributed by atoms with van der Waals surface area (Å²) in [7, 11) is 1.24. The zero-order chi connectivity index (χ0) is 9.90. The third kappa shape index (κ3) is 2.52. The highest BCUT2D eigenvalue weighted by atomic mass is 16.5. The molecule has 1 aliphatic rings. The van der Waals surface area contributed by atoms with Gasteiger partial charge in [-0.3, -0.25) is 4.79 Å². The Balaban J connectivity index is 2.64. The van der Waals surface area contributed by atoms with Crippen LogP contribution in [0.15, 0.2) is 24.3 Å². The molecule has 0 heterocycles. The van der Waals surface area contributed by atoms with Crippen LogP contribution in [0.2, 0.25) is 0 Å². The van der Waals surface area contributed by atoms with Crippen LogP contribution in [0, 0.1) is 0 Å². The van der Waals surface area contributed by atoms with Crippen LogP contribution in [0.25, 0.3) is 0 Å². The van der Waals surface area contributed by atoms with E-state index in [-0.39, 0.29) is 12.2 Å². The molecule has 0 spiro atoms. The number of ketones is 1. The van der Waals surface area contributed by atoms with Crippen molar-refractivity contribution in [2.75, 3.05) is 7.11 Å². The number of hydrogen-bond donors (Lipinski definition) is 1. The van der Waals surface area contributed by atoms with Crippen molar-refractivity contribution >= 4 is 11.8 Å². The SMILES string of the molecule is COC(=O)/C=C/[C@]1(O)C=CC(=O)C1. The Morgan fingerprint density at radius 3 is 2.92 bits per heavy atom. The molecule has 0 bridgehead atoms. The number of ether oxygens (including phenoxy) is 1. The number of methoxy groups -OCH3 is 1. The minimum absolute atomic E-state index is 0.0134. The van der Waals surface area contributed by atoms with Crippen LogP contribution >= 0.6 is 0 Å². The van der Waals surface area contributed by atoms with Crippen LogP contribution in [-0.2, 0) is 14.3 Å². The van der Waals surface area contributed by atoms with Gasteiger partial charge >= 0.3 is 5.97 Å². The van der Waals surface area contributed by atoms with Crippen molar-refractivity contribution < 1.29 is 19.4 Å². The Morgan fingerprint density at radius 1 is 1.77 bits per heavy atom. The highest BCUT2D eigenvalue weighted by Gasteiger charge is 2.28.